The SMILES string of the molecule is CO[C@@H](C)C(=O)N[C@@H](CCC(=O)C=N)C(=O)OCCN1CCOCC1. The van der Waals surface area contributed by atoms with E-state index in [4.69, 9.17) is 19.6 Å². The van der Waals surface area contributed by atoms with Crippen molar-refractivity contribution in [1.82, 2.24) is 10.2 Å². The summed E-state index contributed by atoms with van der Waals surface area (Å²) in [5, 5.41) is 9.45. The molecular weight excluding hydrogens is 330 g/mol. The van der Waals surface area contributed by atoms with E-state index < -0.39 is 29.8 Å². The van der Waals surface area contributed by atoms with Crippen molar-refractivity contribution in [1.29, 1.82) is 5.41 Å². The molecule has 0 bridgehead atoms. The normalized spacial score (nSPS) is 17.4. The van der Waals surface area contributed by atoms with Gasteiger partial charge in [-0.3, -0.25) is 14.5 Å². The van der Waals surface area contributed by atoms with E-state index in [0.29, 0.717) is 26.0 Å². The van der Waals surface area contributed by atoms with Gasteiger partial charge < -0.3 is 24.9 Å². The number of esters is 1. The molecule has 0 aromatic carbocycles. The van der Waals surface area contributed by atoms with E-state index in [1.165, 1.54) is 7.11 Å². The molecule has 0 saturated carbocycles. The van der Waals surface area contributed by atoms with Crippen molar-refractivity contribution in [2.24, 2.45) is 0 Å². The molecule has 9 heteroatoms. The van der Waals surface area contributed by atoms with Gasteiger partial charge >= 0.3 is 5.97 Å². The number of carbonyl (C=O) groups is 3. The van der Waals surface area contributed by atoms with Crippen LogP contribution in [0.25, 0.3) is 0 Å². The lowest BCUT2D eigenvalue weighted by atomic mass is 10.1. The molecule has 0 aromatic rings. The predicted octanol–water partition coefficient (Wildman–Crippen LogP) is -0.620. The second-order valence-electron chi connectivity index (χ2n) is 5.71. The maximum Gasteiger partial charge on any atom is 0.328 e. The number of hydrogen-bond acceptors (Lipinski definition) is 8. The Kier molecular flexibility index (Phi) is 9.90. The molecule has 1 fully saturated rings. The van der Waals surface area contributed by atoms with Gasteiger partial charge in [-0.1, -0.05) is 0 Å². The van der Waals surface area contributed by atoms with Gasteiger partial charge in [0.1, 0.15) is 18.8 Å². The van der Waals surface area contributed by atoms with Crippen LogP contribution < -0.4 is 5.32 Å². The van der Waals surface area contributed by atoms with E-state index in [0.717, 1.165) is 13.1 Å². The van der Waals surface area contributed by atoms with Gasteiger partial charge in [-0.05, 0) is 13.3 Å². The lowest BCUT2D eigenvalue weighted by molar-refractivity contribution is -0.149. The van der Waals surface area contributed by atoms with Gasteiger partial charge in [-0.15, -0.1) is 0 Å². The minimum absolute atomic E-state index is 0.0195. The van der Waals surface area contributed by atoms with Crippen molar-refractivity contribution >= 4 is 23.9 Å². The third-order valence-electron chi connectivity index (χ3n) is 3.92. The number of nitrogens with one attached hydrogen (secondary N) is 2. The van der Waals surface area contributed by atoms with Crippen LogP contribution in [0.4, 0.5) is 0 Å². The lowest BCUT2D eigenvalue weighted by Gasteiger charge is -2.26. The van der Waals surface area contributed by atoms with E-state index in [-0.39, 0.29) is 19.4 Å². The first-order valence-corrected chi connectivity index (χ1v) is 8.31. The van der Waals surface area contributed by atoms with E-state index in [2.05, 4.69) is 10.2 Å². The van der Waals surface area contributed by atoms with E-state index >= 15 is 0 Å². The number of hydrogen-bond donors (Lipinski definition) is 2. The number of rotatable bonds is 11. The van der Waals surface area contributed by atoms with Crippen LogP contribution in [0.2, 0.25) is 0 Å². The van der Waals surface area contributed by atoms with Gasteiger partial charge in [0.25, 0.3) is 0 Å². The molecule has 1 rings (SSSR count). The number of ether oxygens (including phenoxy) is 3. The molecule has 2 atom stereocenters. The number of morpholine rings is 1. The van der Waals surface area contributed by atoms with Crippen LogP contribution in [0.3, 0.4) is 0 Å². The fourth-order valence-electron chi connectivity index (χ4n) is 2.20. The third kappa shape index (κ3) is 8.19. The third-order valence-corrected chi connectivity index (χ3v) is 3.92. The molecule has 9 nitrogen and oxygen atoms in total. The minimum Gasteiger partial charge on any atom is -0.463 e. The summed E-state index contributed by atoms with van der Waals surface area (Å²) < 4.78 is 15.4. The fraction of sp³-hybridized carbons (Fsp3) is 0.750. The molecule has 1 aliphatic rings. The Bertz CT molecular complexity index is 465. The number of Topliss-reactive ketones (excluding diaryl/α,β-unsaturated/α-hetero) is 1. The van der Waals surface area contributed by atoms with Crippen LogP contribution in [-0.2, 0) is 28.6 Å². The molecule has 25 heavy (non-hydrogen) atoms. The Morgan fingerprint density at radius 2 is 2.00 bits per heavy atom. The van der Waals surface area contributed by atoms with Crippen molar-refractivity contribution in [2.45, 2.75) is 31.9 Å². The van der Waals surface area contributed by atoms with E-state index in [9.17, 15) is 14.4 Å². The molecule has 1 aliphatic heterocycles. The van der Waals surface area contributed by atoms with Gasteiger partial charge in [0, 0.05) is 33.2 Å². The summed E-state index contributed by atoms with van der Waals surface area (Å²) in [5.74, 6) is -1.47. The van der Waals surface area contributed by atoms with Crippen molar-refractivity contribution in [3.05, 3.63) is 0 Å². The largest absolute Gasteiger partial charge is 0.463 e. The van der Waals surface area contributed by atoms with Crippen LogP contribution in [0.1, 0.15) is 19.8 Å². The highest BCUT2D eigenvalue weighted by molar-refractivity contribution is 6.26. The van der Waals surface area contributed by atoms with Gasteiger partial charge in [-0.25, -0.2) is 4.79 Å². The first kappa shape index (κ1) is 21.2. The summed E-state index contributed by atoms with van der Waals surface area (Å²) in [6.45, 7) is 5.24. The Labute approximate surface area is 147 Å². The van der Waals surface area contributed by atoms with Crippen LogP contribution in [0.5, 0.6) is 0 Å². The van der Waals surface area contributed by atoms with Crippen molar-refractivity contribution in [2.75, 3.05) is 46.6 Å². The van der Waals surface area contributed by atoms with Crippen LogP contribution in [0.15, 0.2) is 0 Å². The maximum atomic E-state index is 12.2. The molecule has 1 amide bonds. The van der Waals surface area contributed by atoms with Crippen molar-refractivity contribution < 1.29 is 28.6 Å². The first-order chi connectivity index (χ1) is 12.0. The van der Waals surface area contributed by atoms with Crippen LogP contribution in [0, 0.1) is 5.41 Å². The van der Waals surface area contributed by atoms with Crippen LogP contribution >= 0.6 is 0 Å². The Morgan fingerprint density at radius 1 is 1.32 bits per heavy atom. The summed E-state index contributed by atoms with van der Waals surface area (Å²) in [6, 6.07) is -0.946. The highest BCUT2D eigenvalue weighted by atomic mass is 16.5. The molecule has 0 aliphatic carbocycles. The molecule has 0 aromatic heterocycles. The Hall–Kier alpha value is -1.84. The molecule has 1 heterocycles. The highest BCUT2D eigenvalue weighted by Crippen LogP contribution is 2.03. The summed E-state index contributed by atoms with van der Waals surface area (Å²) in [4.78, 5) is 37.6. The predicted molar refractivity (Wildman–Crippen MR) is 89.6 cm³/mol. The lowest BCUT2D eigenvalue weighted by Crippen LogP contribution is -2.46. The zero-order chi connectivity index (χ0) is 18.7. The standard InChI is InChI=1S/C16H27N3O6/c1-12(23-2)15(21)18-14(4-3-13(20)11-17)16(22)25-10-7-19-5-8-24-9-6-19/h11-12,14,17H,3-10H2,1-2H3,(H,18,21)/t12-,14-/m0/s1. The molecule has 2 N–H and O–H groups in total. The second kappa shape index (κ2) is 11.7. The molecule has 142 valence electrons. The molecule has 0 radical (unpaired) electrons. The highest BCUT2D eigenvalue weighted by Gasteiger charge is 2.25. The first-order valence-electron chi connectivity index (χ1n) is 8.31. The van der Waals surface area contributed by atoms with Crippen molar-refractivity contribution in [3.8, 4) is 0 Å². The quantitative estimate of drug-likeness (QED) is 0.374. The van der Waals surface area contributed by atoms with E-state index in [1.54, 1.807) is 6.92 Å². The fourth-order valence-corrected chi connectivity index (χ4v) is 2.20. The average molecular weight is 357 g/mol. The second-order valence-corrected chi connectivity index (χ2v) is 5.71. The monoisotopic (exact) mass is 357 g/mol. The summed E-state index contributed by atoms with van der Waals surface area (Å²) in [6.07, 6.45) is 0.0313. The Morgan fingerprint density at radius 3 is 2.60 bits per heavy atom. The molecule has 0 unspecified atom stereocenters. The summed E-state index contributed by atoms with van der Waals surface area (Å²) >= 11 is 0. The van der Waals surface area contributed by atoms with Gasteiger partial charge in [0.2, 0.25) is 5.91 Å². The number of methoxy groups -OCH3 is 1. The smallest absolute Gasteiger partial charge is 0.328 e. The molecular formula is C16H27N3O6. The Balaban J connectivity index is 2.49. The van der Waals surface area contributed by atoms with Gasteiger partial charge in [0.15, 0.2) is 5.78 Å². The number of amides is 1. The number of ketones is 1. The van der Waals surface area contributed by atoms with Crippen molar-refractivity contribution in [3.63, 3.8) is 0 Å². The average Bonchev–Trinajstić information content (AvgIpc) is 2.64. The van der Waals surface area contributed by atoms with Gasteiger partial charge in [0.05, 0.1) is 19.4 Å². The zero-order valence-corrected chi connectivity index (χ0v) is 14.8. The molecule has 0 spiro atoms. The maximum absolute atomic E-state index is 12.2. The number of nitrogens with zero attached hydrogens (tertiary/aromatic N) is 1. The topological polar surface area (TPSA) is 118 Å². The number of carbonyl (C=O) groups excluding carboxylic acids is 3. The zero-order valence-electron chi connectivity index (χ0n) is 14.8. The molecule has 1 saturated heterocycles. The van der Waals surface area contributed by atoms with Gasteiger partial charge in [-0.2, -0.15) is 0 Å². The van der Waals surface area contributed by atoms with Crippen LogP contribution in [-0.4, -0.2) is 87.5 Å². The van der Waals surface area contributed by atoms with E-state index in [1.807, 2.05) is 0 Å². The summed E-state index contributed by atoms with van der Waals surface area (Å²) in [7, 11) is 1.39. The minimum atomic E-state index is -0.946. The summed E-state index contributed by atoms with van der Waals surface area (Å²) in [5.41, 5.74) is 0.